The van der Waals surface area contributed by atoms with Crippen molar-refractivity contribution in [3.63, 3.8) is 0 Å². The smallest absolute Gasteiger partial charge is 0.232 e. The zero-order valence-electron chi connectivity index (χ0n) is 16.3. The molecule has 1 aliphatic carbocycles. The first-order valence-electron chi connectivity index (χ1n) is 10.1. The summed E-state index contributed by atoms with van der Waals surface area (Å²) in [4.78, 5) is 20.2. The predicted molar refractivity (Wildman–Crippen MR) is 111 cm³/mol. The third kappa shape index (κ3) is 2.90. The topological polar surface area (TPSA) is 50.2 Å². The number of carbonyl (C=O) groups excluding carboxylic acids is 1. The van der Waals surface area contributed by atoms with Gasteiger partial charge in [0.1, 0.15) is 0 Å². The van der Waals surface area contributed by atoms with E-state index in [4.69, 9.17) is 0 Å². The summed E-state index contributed by atoms with van der Waals surface area (Å²) in [5.74, 6) is 0.642. The van der Waals surface area contributed by atoms with Crippen molar-refractivity contribution in [2.24, 2.45) is 18.4 Å². The number of anilines is 1. The second kappa shape index (κ2) is 6.74. The first-order chi connectivity index (χ1) is 13.6. The van der Waals surface area contributed by atoms with E-state index in [2.05, 4.69) is 45.5 Å². The fraction of sp³-hybridized carbons (Fsp3) is 0.391. The predicted octanol–water partition coefficient (Wildman–Crippen LogP) is 3.81. The number of nitrogens with zero attached hydrogens (tertiary/aromatic N) is 3. The van der Waals surface area contributed by atoms with Gasteiger partial charge in [-0.2, -0.15) is 0 Å². The van der Waals surface area contributed by atoms with E-state index in [9.17, 15) is 4.79 Å². The SMILES string of the molecule is Cn1cnc2ccc(NC(=O)[C@]34CCC[C@H]3CN(Cc3ccccc3)C4)cc21. The van der Waals surface area contributed by atoms with Gasteiger partial charge in [0.05, 0.1) is 22.8 Å². The summed E-state index contributed by atoms with van der Waals surface area (Å²) >= 11 is 0. The summed E-state index contributed by atoms with van der Waals surface area (Å²) in [5.41, 5.74) is 3.92. The molecule has 144 valence electrons. The number of aromatic nitrogens is 2. The highest BCUT2D eigenvalue weighted by Gasteiger charge is 2.54. The quantitative estimate of drug-likeness (QED) is 0.755. The molecule has 3 aromatic rings. The molecule has 2 heterocycles. The Morgan fingerprint density at radius 2 is 2.11 bits per heavy atom. The summed E-state index contributed by atoms with van der Waals surface area (Å²) in [5, 5.41) is 3.23. The van der Waals surface area contributed by atoms with Crippen molar-refractivity contribution in [3.8, 4) is 0 Å². The highest BCUT2D eigenvalue weighted by molar-refractivity contribution is 5.97. The van der Waals surface area contributed by atoms with Crippen molar-refractivity contribution < 1.29 is 4.79 Å². The third-order valence-electron chi connectivity index (χ3n) is 6.63. The molecule has 5 heteroatoms. The van der Waals surface area contributed by atoms with Crippen LogP contribution in [-0.2, 0) is 18.4 Å². The Kier molecular flexibility index (Phi) is 4.20. The van der Waals surface area contributed by atoms with Gasteiger partial charge in [-0.15, -0.1) is 0 Å². The van der Waals surface area contributed by atoms with Gasteiger partial charge in [0.2, 0.25) is 5.91 Å². The van der Waals surface area contributed by atoms with E-state index in [0.29, 0.717) is 5.92 Å². The van der Waals surface area contributed by atoms with Crippen LogP contribution in [0.3, 0.4) is 0 Å². The Hall–Kier alpha value is -2.66. The van der Waals surface area contributed by atoms with Gasteiger partial charge in [-0.1, -0.05) is 36.8 Å². The first kappa shape index (κ1) is 17.4. The number of hydrogen-bond donors (Lipinski definition) is 1. The molecule has 28 heavy (non-hydrogen) atoms. The molecule has 2 aromatic carbocycles. The minimum absolute atomic E-state index is 0.187. The van der Waals surface area contributed by atoms with E-state index in [-0.39, 0.29) is 11.3 Å². The van der Waals surface area contributed by atoms with Crippen molar-refractivity contribution in [2.45, 2.75) is 25.8 Å². The van der Waals surface area contributed by atoms with Crippen LogP contribution in [0.1, 0.15) is 24.8 Å². The number of nitrogens with one attached hydrogen (secondary N) is 1. The molecule has 1 aromatic heterocycles. The lowest BCUT2D eigenvalue weighted by Crippen LogP contribution is -2.40. The number of rotatable bonds is 4. The average Bonchev–Trinajstić information content (AvgIpc) is 3.36. The fourth-order valence-electron chi connectivity index (χ4n) is 5.19. The van der Waals surface area contributed by atoms with E-state index < -0.39 is 0 Å². The van der Waals surface area contributed by atoms with Crippen LogP contribution in [-0.4, -0.2) is 33.4 Å². The number of imidazole rings is 1. The van der Waals surface area contributed by atoms with Crippen LogP contribution in [0.25, 0.3) is 11.0 Å². The molecule has 2 fully saturated rings. The molecule has 0 radical (unpaired) electrons. The molecular formula is C23H26N4O. The molecule has 1 amide bonds. The Bertz CT molecular complexity index is 1010. The minimum Gasteiger partial charge on any atom is -0.334 e. The van der Waals surface area contributed by atoms with Gasteiger partial charge in [-0.25, -0.2) is 4.98 Å². The van der Waals surface area contributed by atoms with Gasteiger partial charge in [-0.05, 0) is 42.5 Å². The molecule has 1 saturated carbocycles. The third-order valence-corrected chi connectivity index (χ3v) is 6.63. The number of benzene rings is 2. The normalized spacial score (nSPS) is 24.5. The Balaban J connectivity index is 1.35. The number of likely N-dealkylation sites (tertiary alicyclic amines) is 1. The molecule has 0 spiro atoms. The maximum atomic E-state index is 13.4. The fourth-order valence-corrected chi connectivity index (χ4v) is 5.19. The van der Waals surface area contributed by atoms with Crippen molar-refractivity contribution in [1.82, 2.24) is 14.5 Å². The van der Waals surface area contributed by atoms with Crippen LogP contribution in [0, 0.1) is 11.3 Å². The summed E-state index contributed by atoms with van der Waals surface area (Å²) < 4.78 is 1.98. The zero-order chi connectivity index (χ0) is 19.1. The Labute approximate surface area is 165 Å². The number of aryl methyl sites for hydroxylation is 1. The number of hydrogen-bond acceptors (Lipinski definition) is 3. The Morgan fingerprint density at radius 1 is 1.25 bits per heavy atom. The molecule has 1 aliphatic heterocycles. The van der Waals surface area contributed by atoms with Crippen LogP contribution in [0.5, 0.6) is 0 Å². The molecule has 2 atom stereocenters. The Morgan fingerprint density at radius 3 is 2.96 bits per heavy atom. The van der Waals surface area contributed by atoms with E-state index in [1.807, 2.05) is 29.8 Å². The largest absolute Gasteiger partial charge is 0.334 e. The van der Waals surface area contributed by atoms with E-state index >= 15 is 0 Å². The lowest BCUT2D eigenvalue weighted by Gasteiger charge is -2.28. The van der Waals surface area contributed by atoms with Gasteiger partial charge in [0.25, 0.3) is 0 Å². The highest BCUT2D eigenvalue weighted by atomic mass is 16.2. The molecular weight excluding hydrogens is 348 g/mol. The van der Waals surface area contributed by atoms with Gasteiger partial charge < -0.3 is 9.88 Å². The van der Waals surface area contributed by atoms with E-state index in [1.54, 1.807) is 6.33 Å². The lowest BCUT2D eigenvalue weighted by atomic mass is 9.79. The summed E-state index contributed by atoms with van der Waals surface area (Å²) in [6.07, 6.45) is 5.10. The first-order valence-corrected chi connectivity index (χ1v) is 10.1. The van der Waals surface area contributed by atoms with Gasteiger partial charge in [0, 0.05) is 32.4 Å². The molecule has 2 aliphatic rings. The van der Waals surface area contributed by atoms with Gasteiger partial charge in [-0.3, -0.25) is 9.69 Å². The lowest BCUT2D eigenvalue weighted by molar-refractivity contribution is -0.126. The van der Waals surface area contributed by atoms with Crippen LogP contribution >= 0.6 is 0 Å². The maximum absolute atomic E-state index is 13.4. The monoisotopic (exact) mass is 374 g/mol. The zero-order valence-corrected chi connectivity index (χ0v) is 16.3. The van der Waals surface area contributed by atoms with Crippen molar-refractivity contribution in [2.75, 3.05) is 18.4 Å². The minimum atomic E-state index is -0.254. The molecule has 0 unspecified atom stereocenters. The maximum Gasteiger partial charge on any atom is 0.232 e. The number of fused-ring (bicyclic) bond motifs is 2. The second-order valence-electron chi connectivity index (χ2n) is 8.41. The molecule has 5 nitrogen and oxygen atoms in total. The van der Waals surface area contributed by atoms with Gasteiger partial charge >= 0.3 is 0 Å². The van der Waals surface area contributed by atoms with Crippen LogP contribution < -0.4 is 5.32 Å². The number of amides is 1. The van der Waals surface area contributed by atoms with Crippen molar-refractivity contribution >= 4 is 22.6 Å². The molecule has 0 bridgehead atoms. The van der Waals surface area contributed by atoms with Crippen LogP contribution in [0.4, 0.5) is 5.69 Å². The summed E-state index contributed by atoms with van der Waals surface area (Å²) in [7, 11) is 1.98. The highest BCUT2D eigenvalue weighted by Crippen LogP contribution is 2.49. The standard InChI is InChI=1S/C23H26N4O/c1-26-16-24-20-10-9-19(12-21(20)26)25-22(28)23-11-5-8-18(23)14-27(15-23)13-17-6-3-2-4-7-17/h2-4,6-7,9-10,12,16,18H,5,8,11,13-15H2,1H3,(H,25,28)/t18-,23-/m0/s1. The second-order valence-corrected chi connectivity index (χ2v) is 8.41. The van der Waals surface area contributed by atoms with E-state index in [1.165, 1.54) is 5.56 Å². The van der Waals surface area contributed by atoms with Gasteiger partial charge in [0.15, 0.2) is 0 Å². The number of carbonyl (C=O) groups is 1. The molecule has 1 N–H and O–H groups in total. The van der Waals surface area contributed by atoms with Crippen molar-refractivity contribution in [3.05, 3.63) is 60.4 Å². The molecule has 1 saturated heterocycles. The summed E-state index contributed by atoms with van der Waals surface area (Å²) in [6.45, 7) is 2.79. The molecule has 5 rings (SSSR count). The van der Waals surface area contributed by atoms with E-state index in [0.717, 1.165) is 55.6 Å². The average molecular weight is 374 g/mol. The van der Waals surface area contributed by atoms with Crippen molar-refractivity contribution in [1.29, 1.82) is 0 Å². The summed E-state index contributed by atoms with van der Waals surface area (Å²) in [6, 6.07) is 16.5. The van der Waals surface area contributed by atoms with Crippen LogP contribution in [0.2, 0.25) is 0 Å². The van der Waals surface area contributed by atoms with Crippen LogP contribution in [0.15, 0.2) is 54.9 Å².